The Morgan fingerprint density at radius 3 is 2.74 bits per heavy atom. The lowest BCUT2D eigenvalue weighted by Gasteiger charge is -2.28. The van der Waals surface area contributed by atoms with Crippen molar-refractivity contribution in [2.24, 2.45) is 5.92 Å². The van der Waals surface area contributed by atoms with E-state index >= 15 is 0 Å². The zero-order valence-corrected chi connectivity index (χ0v) is 11.2. The molecule has 0 spiro atoms. The van der Waals surface area contributed by atoms with Crippen molar-refractivity contribution in [1.82, 2.24) is 10.2 Å². The van der Waals surface area contributed by atoms with Gasteiger partial charge >= 0.3 is 6.18 Å². The third-order valence-electron chi connectivity index (χ3n) is 3.49. The van der Waals surface area contributed by atoms with Crippen molar-refractivity contribution >= 4 is 11.6 Å². The third-order valence-corrected chi connectivity index (χ3v) is 3.76. The minimum Gasteiger partial charge on any atom is -0.425 e. The highest BCUT2D eigenvalue weighted by atomic mass is 35.5. The summed E-state index contributed by atoms with van der Waals surface area (Å²) in [6.45, 7) is 0. The Labute approximate surface area is 114 Å². The van der Waals surface area contributed by atoms with Gasteiger partial charge in [-0.15, -0.1) is 21.8 Å². The summed E-state index contributed by atoms with van der Waals surface area (Å²) in [4.78, 5) is 0. The van der Waals surface area contributed by atoms with Crippen LogP contribution in [0.4, 0.5) is 13.2 Å². The SMILES string of the molecule is FC(F)(F)C1CCCC(c2nnc(CCCCl)o2)C1. The number of halogens is 4. The fourth-order valence-corrected chi connectivity index (χ4v) is 2.60. The molecule has 1 aromatic rings. The summed E-state index contributed by atoms with van der Waals surface area (Å²) >= 11 is 5.56. The van der Waals surface area contributed by atoms with E-state index in [9.17, 15) is 13.2 Å². The second-order valence-electron chi connectivity index (χ2n) is 4.93. The maximum atomic E-state index is 12.7. The molecule has 0 aliphatic heterocycles. The maximum Gasteiger partial charge on any atom is 0.391 e. The Balaban J connectivity index is 1.99. The first kappa shape index (κ1) is 14.6. The van der Waals surface area contributed by atoms with E-state index in [1.807, 2.05) is 0 Å². The molecule has 1 aliphatic carbocycles. The molecule has 0 N–H and O–H groups in total. The van der Waals surface area contributed by atoms with E-state index in [-0.39, 0.29) is 18.8 Å². The normalized spacial score (nSPS) is 24.6. The molecule has 2 unspecified atom stereocenters. The average Bonchev–Trinajstić information content (AvgIpc) is 2.84. The molecule has 3 nitrogen and oxygen atoms in total. The number of nitrogens with zero attached hydrogens (tertiary/aromatic N) is 2. The first-order valence-electron chi connectivity index (χ1n) is 6.45. The fourth-order valence-electron chi connectivity index (χ4n) is 2.46. The predicted molar refractivity (Wildman–Crippen MR) is 64.1 cm³/mol. The molecule has 1 saturated carbocycles. The second-order valence-corrected chi connectivity index (χ2v) is 5.31. The highest BCUT2D eigenvalue weighted by Gasteiger charge is 2.43. The van der Waals surface area contributed by atoms with Crippen LogP contribution in [0.2, 0.25) is 0 Å². The minimum atomic E-state index is -4.12. The zero-order valence-electron chi connectivity index (χ0n) is 10.4. The van der Waals surface area contributed by atoms with Crippen molar-refractivity contribution in [3.8, 4) is 0 Å². The van der Waals surface area contributed by atoms with Crippen molar-refractivity contribution in [3.63, 3.8) is 0 Å². The summed E-state index contributed by atoms with van der Waals surface area (Å²) in [5.74, 6) is -0.206. The van der Waals surface area contributed by atoms with Gasteiger partial charge in [0.15, 0.2) is 0 Å². The maximum absolute atomic E-state index is 12.7. The molecule has 1 fully saturated rings. The quantitative estimate of drug-likeness (QED) is 0.786. The molecule has 0 aromatic carbocycles. The van der Waals surface area contributed by atoms with Crippen LogP contribution in [0, 0.1) is 5.92 Å². The van der Waals surface area contributed by atoms with Crippen molar-refractivity contribution in [2.45, 2.75) is 50.6 Å². The van der Waals surface area contributed by atoms with Crippen LogP contribution in [-0.4, -0.2) is 22.3 Å². The first-order chi connectivity index (χ1) is 9.00. The smallest absolute Gasteiger partial charge is 0.391 e. The van der Waals surface area contributed by atoms with Crippen molar-refractivity contribution in [3.05, 3.63) is 11.8 Å². The van der Waals surface area contributed by atoms with E-state index in [4.69, 9.17) is 16.0 Å². The van der Waals surface area contributed by atoms with Gasteiger partial charge in [-0.3, -0.25) is 0 Å². The number of hydrogen-bond donors (Lipinski definition) is 0. The Hall–Kier alpha value is -0.780. The Bertz CT molecular complexity index is 408. The molecule has 19 heavy (non-hydrogen) atoms. The van der Waals surface area contributed by atoms with Crippen LogP contribution in [0.3, 0.4) is 0 Å². The van der Waals surface area contributed by atoms with Gasteiger partial charge in [0, 0.05) is 18.2 Å². The Kier molecular flexibility index (Phi) is 4.71. The molecule has 1 aromatic heterocycles. The molecular weight excluding hydrogens is 281 g/mol. The van der Waals surface area contributed by atoms with Crippen molar-refractivity contribution in [1.29, 1.82) is 0 Å². The van der Waals surface area contributed by atoms with Gasteiger partial charge in [0.25, 0.3) is 0 Å². The van der Waals surface area contributed by atoms with Crippen LogP contribution in [0.15, 0.2) is 4.42 Å². The average molecular weight is 297 g/mol. The van der Waals surface area contributed by atoms with Crippen LogP contribution in [-0.2, 0) is 6.42 Å². The van der Waals surface area contributed by atoms with Gasteiger partial charge in [-0.2, -0.15) is 13.2 Å². The Morgan fingerprint density at radius 2 is 2.05 bits per heavy atom. The molecule has 108 valence electrons. The van der Waals surface area contributed by atoms with E-state index in [0.717, 1.165) is 6.42 Å². The molecule has 0 radical (unpaired) electrons. The zero-order chi connectivity index (χ0) is 13.9. The van der Waals surface area contributed by atoms with Crippen LogP contribution in [0.5, 0.6) is 0 Å². The molecule has 0 amide bonds. The van der Waals surface area contributed by atoms with Gasteiger partial charge < -0.3 is 4.42 Å². The van der Waals surface area contributed by atoms with Gasteiger partial charge in [0.2, 0.25) is 11.8 Å². The van der Waals surface area contributed by atoms with Gasteiger partial charge in [-0.1, -0.05) is 6.42 Å². The molecule has 0 saturated heterocycles. The van der Waals surface area contributed by atoms with Crippen molar-refractivity contribution in [2.75, 3.05) is 5.88 Å². The molecule has 7 heteroatoms. The summed E-state index contributed by atoms with van der Waals surface area (Å²) in [6, 6.07) is 0. The highest BCUT2D eigenvalue weighted by molar-refractivity contribution is 6.17. The number of alkyl halides is 4. The van der Waals surface area contributed by atoms with Crippen LogP contribution >= 0.6 is 11.6 Å². The standard InChI is InChI=1S/C12H16ClF3N2O/c13-6-2-5-10-17-18-11(19-10)8-3-1-4-9(7-8)12(14,15)16/h8-9H,1-7H2. The van der Waals surface area contributed by atoms with E-state index in [2.05, 4.69) is 10.2 Å². The predicted octanol–water partition coefficient (Wildman–Crippen LogP) is 4.08. The van der Waals surface area contributed by atoms with E-state index in [1.165, 1.54) is 0 Å². The largest absolute Gasteiger partial charge is 0.425 e. The minimum absolute atomic E-state index is 0.0562. The lowest BCUT2D eigenvalue weighted by molar-refractivity contribution is -0.183. The summed E-state index contributed by atoms with van der Waals surface area (Å²) in [7, 11) is 0. The fraction of sp³-hybridized carbons (Fsp3) is 0.833. The van der Waals surface area contributed by atoms with Gasteiger partial charge in [0.1, 0.15) is 0 Å². The lowest BCUT2D eigenvalue weighted by Crippen LogP contribution is -2.28. The van der Waals surface area contributed by atoms with Gasteiger partial charge in [0.05, 0.1) is 5.92 Å². The molecule has 1 heterocycles. The monoisotopic (exact) mass is 296 g/mol. The summed E-state index contributed by atoms with van der Waals surface area (Å²) in [6.07, 6.45) is -1.34. The van der Waals surface area contributed by atoms with E-state index in [0.29, 0.717) is 36.9 Å². The van der Waals surface area contributed by atoms with Gasteiger partial charge in [-0.25, -0.2) is 0 Å². The molecule has 0 bridgehead atoms. The summed E-state index contributed by atoms with van der Waals surface area (Å²) in [5.41, 5.74) is 0. The Morgan fingerprint density at radius 1 is 1.26 bits per heavy atom. The second kappa shape index (κ2) is 6.11. The first-order valence-corrected chi connectivity index (χ1v) is 6.99. The third kappa shape index (κ3) is 3.84. The molecular formula is C12H16ClF3N2O. The molecule has 1 aliphatic rings. The molecule has 2 atom stereocenters. The number of rotatable bonds is 4. The topological polar surface area (TPSA) is 38.9 Å². The van der Waals surface area contributed by atoms with Crippen molar-refractivity contribution < 1.29 is 17.6 Å². The summed E-state index contributed by atoms with van der Waals surface area (Å²) in [5, 5.41) is 7.74. The molecule has 2 rings (SSSR count). The number of aromatic nitrogens is 2. The highest BCUT2D eigenvalue weighted by Crippen LogP contribution is 2.43. The number of aryl methyl sites for hydroxylation is 1. The van der Waals surface area contributed by atoms with Crippen LogP contribution in [0.1, 0.15) is 49.8 Å². The van der Waals surface area contributed by atoms with Crippen LogP contribution < -0.4 is 0 Å². The van der Waals surface area contributed by atoms with Gasteiger partial charge in [-0.05, 0) is 25.7 Å². The van der Waals surface area contributed by atoms with E-state index < -0.39 is 12.1 Å². The van der Waals surface area contributed by atoms with Crippen LogP contribution in [0.25, 0.3) is 0 Å². The van der Waals surface area contributed by atoms with E-state index in [1.54, 1.807) is 0 Å². The summed E-state index contributed by atoms with van der Waals surface area (Å²) < 4.78 is 43.6. The number of hydrogen-bond acceptors (Lipinski definition) is 3. The lowest BCUT2D eigenvalue weighted by atomic mass is 9.81.